The molecule has 1 N–H and O–H groups in total. The lowest BCUT2D eigenvalue weighted by Gasteiger charge is -2.46. The van der Waals surface area contributed by atoms with E-state index >= 15 is 0 Å². The average molecular weight is 278 g/mol. The van der Waals surface area contributed by atoms with Crippen LogP contribution in [0.5, 0.6) is 0 Å². The van der Waals surface area contributed by atoms with E-state index in [-0.39, 0.29) is 5.54 Å². The highest BCUT2D eigenvalue weighted by Gasteiger charge is 2.33. The second-order valence-electron chi connectivity index (χ2n) is 7.12. The maximum Gasteiger partial charge on any atom is 0.0945 e. The molecule has 0 aliphatic carbocycles. The smallest absolute Gasteiger partial charge is 0.0945 e. The van der Waals surface area contributed by atoms with Crippen LogP contribution >= 0.6 is 0 Å². The predicted molar refractivity (Wildman–Crippen MR) is 83.7 cm³/mol. The molecule has 4 nitrogen and oxygen atoms in total. The highest BCUT2D eigenvalue weighted by molar-refractivity contribution is 4.93. The normalized spacial score (nSPS) is 23.4. The fourth-order valence-electron chi connectivity index (χ4n) is 3.07. The van der Waals surface area contributed by atoms with Gasteiger partial charge in [-0.1, -0.05) is 13.8 Å². The minimum Gasteiger partial charge on any atom is -0.337 e. The summed E-state index contributed by atoms with van der Waals surface area (Å²) in [6, 6.07) is 0.649. The van der Waals surface area contributed by atoms with E-state index in [1.165, 1.54) is 25.9 Å². The molecule has 0 saturated carbocycles. The van der Waals surface area contributed by atoms with Crippen molar-refractivity contribution in [2.75, 3.05) is 19.6 Å². The number of aryl methyl sites for hydroxylation is 1. The molecule has 1 fully saturated rings. The van der Waals surface area contributed by atoms with Gasteiger partial charge in [-0.2, -0.15) is 0 Å². The second kappa shape index (κ2) is 6.72. The molecule has 1 saturated heterocycles. The van der Waals surface area contributed by atoms with Crippen LogP contribution in [0.25, 0.3) is 0 Å². The van der Waals surface area contributed by atoms with E-state index in [9.17, 15) is 0 Å². The summed E-state index contributed by atoms with van der Waals surface area (Å²) in [6.45, 7) is 13.8. The number of hydrogen-bond acceptors (Lipinski definition) is 3. The van der Waals surface area contributed by atoms with E-state index in [1.54, 1.807) is 0 Å². The van der Waals surface area contributed by atoms with Crippen LogP contribution in [0.1, 0.15) is 40.5 Å². The summed E-state index contributed by atoms with van der Waals surface area (Å²) < 4.78 is 2.17. The Labute approximate surface area is 123 Å². The molecule has 114 valence electrons. The second-order valence-corrected chi connectivity index (χ2v) is 7.12. The number of imidazole rings is 1. The minimum absolute atomic E-state index is 0.266. The third kappa shape index (κ3) is 4.32. The first-order valence-corrected chi connectivity index (χ1v) is 7.91. The molecule has 2 heterocycles. The van der Waals surface area contributed by atoms with Crippen molar-refractivity contribution in [3.63, 3.8) is 0 Å². The van der Waals surface area contributed by atoms with Crippen molar-refractivity contribution >= 4 is 0 Å². The first-order chi connectivity index (χ1) is 9.47. The molecule has 0 bridgehead atoms. The van der Waals surface area contributed by atoms with Crippen molar-refractivity contribution in [2.45, 2.75) is 58.7 Å². The van der Waals surface area contributed by atoms with Crippen molar-refractivity contribution < 1.29 is 0 Å². The summed E-state index contributed by atoms with van der Waals surface area (Å²) in [4.78, 5) is 6.76. The van der Waals surface area contributed by atoms with E-state index in [0.29, 0.717) is 6.04 Å². The third-order valence-corrected chi connectivity index (χ3v) is 4.28. The van der Waals surface area contributed by atoms with Gasteiger partial charge >= 0.3 is 0 Å². The van der Waals surface area contributed by atoms with Gasteiger partial charge in [-0.15, -0.1) is 0 Å². The minimum atomic E-state index is 0.266. The molecule has 0 aromatic carbocycles. The lowest BCUT2D eigenvalue weighted by Crippen LogP contribution is -2.62. The van der Waals surface area contributed by atoms with E-state index in [0.717, 1.165) is 19.0 Å². The van der Waals surface area contributed by atoms with Crippen LogP contribution in [-0.2, 0) is 6.54 Å². The van der Waals surface area contributed by atoms with Crippen LogP contribution in [0.15, 0.2) is 18.7 Å². The summed E-state index contributed by atoms with van der Waals surface area (Å²) in [5.74, 6) is 0.765. The molecule has 1 aromatic heterocycles. The molecule has 1 aromatic rings. The van der Waals surface area contributed by atoms with Crippen molar-refractivity contribution in [3.8, 4) is 0 Å². The van der Waals surface area contributed by atoms with E-state index in [4.69, 9.17) is 0 Å². The number of hydrogen-bond donors (Lipinski definition) is 1. The lowest BCUT2D eigenvalue weighted by atomic mass is 9.93. The number of nitrogens with one attached hydrogen (secondary N) is 1. The molecule has 0 amide bonds. The van der Waals surface area contributed by atoms with E-state index in [2.05, 4.69) is 47.5 Å². The summed E-state index contributed by atoms with van der Waals surface area (Å²) in [5, 5.41) is 3.72. The highest BCUT2D eigenvalue weighted by atomic mass is 15.3. The zero-order valence-corrected chi connectivity index (χ0v) is 13.5. The first-order valence-electron chi connectivity index (χ1n) is 7.91. The van der Waals surface area contributed by atoms with Gasteiger partial charge in [-0.05, 0) is 32.6 Å². The lowest BCUT2D eigenvalue weighted by molar-refractivity contribution is 0.0588. The monoisotopic (exact) mass is 278 g/mol. The topological polar surface area (TPSA) is 33.1 Å². The van der Waals surface area contributed by atoms with Crippen molar-refractivity contribution in [1.29, 1.82) is 0 Å². The van der Waals surface area contributed by atoms with Crippen LogP contribution < -0.4 is 5.32 Å². The Bertz CT molecular complexity index is 383. The Balaban J connectivity index is 1.82. The molecule has 1 unspecified atom stereocenters. The van der Waals surface area contributed by atoms with Crippen molar-refractivity contribution in [3.05, 3.63) is 18.7 Å². The van der Waals surface area contributed by atoms with Crippen LogP contribution in [0.2, 0.25) is 0 Å². The van der Waals surface area contributed by atoms with Gasteiger partial charge in [-0.25, -0.2) is 4.98 Å². The Morgan fingerprint density at radius 2 is 2.15 bits per heavy atom. The molecule has 1 aliphatic heterocycles. The van der Waals surface area contributed by atoms with Gasteiger partial charge in [0, 0.05) is 50.2 Å². The molecule has 1 atom stereocenters. The molecule has 2 rings (SSSR count). The van der Waals surface area contributed by atoms with Crippen molar-refractivity contribution in [1.82, 2.24) is 19.8 Å². The van der Waals surface area contributed by atoms with Gasteiger partial charge < -0.3 is 9.88 Å². The summed E-state index contributed by atoms with van der Waals surface area (Å²) in [5.41, 5.74) is 0.266. The SMILES string of the molecule is CC(C)CC1CN(CCCn2ccnc2)C(C)(C)CN1. The zero-order chi connectivity index (χ0) is 14.6. The van der Waals surface area contributed by atoms with Crippen LogP contribution in [0.4, 0.5) is 0 Å². The molecule has 1 aliphatic rings. The third-order valence-electron chi connectivity index (χ3n) is 4.28. The van der Waals surface area contributed by atoms with Gasteiger partial charge in [0.2, 0.25) is 0 Å². The fraction of sp³-hybridized carbons (Fsp3) is 0.812. The highest BCUT2D eigenvalue weighted by Crippen LogP contribution is 2.21. The Morgan fingerprint density at radius 3 is 2.80 bits per heavy atom. The van der Waals surface area contributed by atoms with Gasteiger partial charge in [0.15, 0.2) is 0 Å². The molecule has 20 heavy (non-hydrogen) atoms. The summed E-state index contributed by atoms with van der Waals surface area (Å²) >= 11 is 0. The van der Waals surface area contributed by atoms with Crippen molar-refractivity contribution in [2.24, 2.45) is 5.92 Å². The number of rotatable bonds is 6. The number of aromatic nitrogens is 2. The van der Waals surface area contributed by atoms with E-state index < -0.39 is 0 Å². The predicted octanol–water partition coefficient (Wildman–Crippen LogP) is 2.37. The zero-order valence-electron chi connectivity index (χ0n) is 13.5. The first kappa shape index (κ1) is 15.5. The molecular weight excluding hydrogens is 248 g/mol. The van der Waals surface area contributed by atoms with Gasteiger partial charge in [-0.3, -0.25) is 4.90 Å². The quantitative estimate of drug-likeness (QED) is 0.867. The standard InChI is InChI=1S/C16H30N4/c1-14(2)10-15-11-20(16(3,4)12-18-15)8-5-7-19-9-6-17-13-19/h6,9,13-15,18H,5,7-8,10-12H2,1-4H3. The van der Waals surface area contributed by atoms with Crippen LogP contribution in [0, 0.1) is 5.92 Å². The molecule has 4 heteroatoms. The average Bonchev–Trinajstić information content (AvgIpc) is 2.86. The maximum absolute atomic E-state index is 4.10. The number of piperazine rings is 1. The maximum atomic E-state index is 4.10. The Hall–Kier alpha value is -0.870. The van der Waals surface area contributed by atoms with Crippen LogP contribution in [-0.4, -0.2) is 45.7 Å². The summed E-state index contributed by atoms with van der Waals surface area (Å²) in [7, 11) is 0. The van der Waals surface area contributed by atoms with Gasteiger partial charge in [0.1, 0.15) is 0 Å². The molecule has 0 radical (unpaired) electrons. The number of nitrogens with zero attached hydrogens (tertiary/aromatic N) is 3. The van der Waals surface area contributed by atoms with E-state index in [1.807, 2.05) is 18.7 Å². The van der Waals surface area contributed by atoms with Crippen LogP contribution in [0.3, 0.4) is 0 Å². The largest absolute Gasteiger partial charge is 0.337 e. The Kier molecular flexibility index (Phi) is 5.22. The van der Waals surface area contributed by atoms with Gasteiger partial charge in [0.25, 0.3) is 0 Å². The Morgan fingerprint density at radius 1 is 1.35 bits per heavy atom. The fourth-order valence-corrected chi connectivity index (χ4v) is 3.07. The van der Waals surface area contributed by atoms with Gasteiger partial charge in [0.05, 0.1) is 6.33 Å². The molecule has 0 spiro atoms. The summed E-state index contributed by atoms with van der Waals surface area (Å²) in [6.07, 6.45) is 8.27. The molecular formula is C16H30N4.